The summed E-state index contributed by atoms with van der Waals surface area (Å²) in [6.45, 7) is 2.78. The average molecular weight is 333 g/mol. The standard InChI is InChI=1S/C16H17BrN2O/c1-11-4-3-5-14(15(11)17)19-10-12-6-8-13(9-7-12)16(20)18-2/h3-9,19H,10H2,1-2H3,(H,18,20). The Morgan fingerprint density at radius 3 is 2.50 bits per heavy atom. The lowest BCUT2D eigenvalue weighted by atomic mass is 10.1. The van der Waals surface area contributed by atoms with E-state index in [-0.39, 0.29) is 5.91 Å². The third-order valence-electron chi connectivity index (χ3n) is 3.12. The fraction of sp³-hybridized carbons (Fsp3) is 0.188. The smallest absolute Gasteiger partial charge is 0.251 e. The summed E-state index contributed by atoms with van der Waals surface area (Å²) in [4.78, 5) is 11.5. The maximum Gasteiger partial charge on any atom is 0.251 e. The van der Waals surface area contributed by atoms with Crippen molar-refractivity contribution in [2.45, 2.75) is 13.5 Å². The summed E-state index contributed by atoms with van der Waals surface area (Å²) in [7, 11) is 1.63. The first kappa shape index (κ1) is 14.6. The molecular weight excluding hydrogens is 316 g/mol. The normalized spacial score (nSPS) is 10.2. The van der Waals surface area contributed by atoms with Crippen molar-refractivity contribution in [2.75, 3.05) is 12.4 Å². The Bertz CT molecular complexity index is 608. The van der Waals surface area contributed by atoms with Gasteiger partial charge in [0.05, 0.1) is 0 Å². The Labute approximate surface area is 127 Å². The lowest BCUT2D eigenvalue weighted by Crippen LogP contribution is -2.17. The first-order valence-corrected chi connectivity index (χ1v) is 7.21. The molecule has 0 aromatic heterocycles. The van der Waals surface area contributed by atoms with Crippen LogP contribution < -0.4 is 10.6 Å². The van der Waals surface area contributed by atoms with Crippen LogP contribution in [-0.4, -0.2) is 13.0 Å². The molecular formula is C16H17BrN2O. The zero-order chi connectivity index (χ0) is 14.5. The van der Waals surface area contributed by atoms with Gasteiger partial charge in [-0.15, -0.1) is 0 Å². The predicted molar refractivity (Wildman–Crippen MR) is 86.0 cm³/mol. The Morgan fingerprint density at radius 1 is 1.15 bits per heavy atom. The number of benzene rings is 2. The number of nitrogens with one attached hydrogen (secondary N) is 2. The SMILES string of the molecule is CNC(=O)c1ccc(CNc2cccc(C)c2Br)cc1. The van der Waals surface area contributed by atoms with Gasteiger partial charge in [-0.2, -0.15) is 0 Å². The molecule has 0 heterocycles. The Balaban J connectivity index is 2.04. The molecule has 0 spiro atoms. The molecule has 0 bridgehead atoms. The van der Waals surface area contributed by atoms with Crippen molar-refractivity contribution in [3.8, 4) is 0 Å². The number of carbonyl (C=O) groups excluding carboxylic acids is 1. The lowest BCUT2D eigenvalue weighted by Gasteiger charge is -2.10. The summed E-state index contributed by atoms with van der Waals surface area (Å²) in [5.41, 5.74) is 4.07. The summed E-state index contributed by atoms with van der Waals surface area (Å²) in [5, 5.41) is 6.00. The fourth-order valence-electron chi connectivity index (χ4n) is 1.90. The van der Waals surface area contributed by atoms with E-state index in [9.17, 15) is 4.79 Å². The fourth-order valence-corrected chi connectivity index (χ4v) is 2.30. The molecule has 0 fully saturated rings. The Hall–Kier alpha value is -1.81. The van der Waals surface area contributed by atoms with E-state index in [1.165, 1.54) is 5.56 Å². The first-order valence-electron chi connectivity index (χ1n) is 6.42. The molecule has 0 aliphatic rings. The van der Waals surface area contributed by atoms with Crippen molar-refractivity contribution in [1.82, 2.24) is 5.32 Å². The van der Waals surface area contributed by atoms with Gasteiger partial charge in [0.25, 0.3) is 5.91 Å². The first-order chi connectivity index (χ1) is 9.61. The molecule has 4 heteroatoms. The maximum absolute atomic E-state index is 11.5. The molecule has 104 valence electrons. The van der Waals surface area contributed by atoms with Gasteiger partial charge >= 0.3 is 0 Å². The molecule has 1 amide bonds. The van der Waals surface area contributed by atoms with Gasteiger partial charge < -0.3 is 10.6 Å². The lowest BCUT2D eigenvalue weighted by molar-refractivity contribution is 0.0963. The van der Waals surface area contributed by atoms with Crippen molar-refractivity contribution >= 4 is 27.5 Å². The zero-order valence-corrected chi connectivity index (χ0v) is 13.1. The van der Waals surface area contributed by atoms with E-state index in [4.69, 9.17) is 0 Å². The van der Waals surface area contributed by atoms with Gasteiger partial charge in [0.15, 0.2) is 0 Å². The van der Waals surface area contributed by atoms with Gasteiger partial charge in [0.2, 0.25) is 0 Å². The number of anilines is 1. The third-order valence-corrected chi connectivity index (χ3v) is 4.17. The molecule has 2 rings (SSSR count). The van der Waals surface area contributed by atoms with Crippen LogP contribution in [-0.2, 0) is 6.54 Å². The van der Waals surface area contributed by atoms with Crippen LogP contribution in [0.5, 0.6) is 0 Å². The van der Waals surface area contributed by atoms with E-state index < -0.39 is 0 Å². The van der Waals surface area contributed by atoms with Crippen molar-refractivity contribution in [3.05, 3.63) is 63.6 Å². The van der Waals surface area contributed by atoms with Crippen LogP contribution in [0.2, 0.25) is 0 Å². The maximum atomic E-state index is 11.5. The van der Waals surface area contributed by atoms with Crippen molar-refractivity contribution in [3.63, 3.8) is 0 Å². The number of rotatable bonds is 4. The van der Waals surface area contributed by atoms with Crippen molar-refractivity contribution in [1.29, 1.82) is 0 Å². The molecule has 20 heavy (non-hydrogen) atoms. The summed E-state index contributed by atoms with van der Waals surface area (Å²) in [6.07, 6.45) is 0. The van der Waals surface area contributed by atoms with Crippen LogP contribution in [0.25, 0.3) is 0 Å². The minimum absolute atomic E-state index is 0.0639. The number of halogens is 1. The van der Waals surface area contributed by atoms with Gasteiger partial charge in [-0.1, -0.05) is 24.3 Å². The number of carbonyl (C=O) groups is 1. The molecule has 0 aliphatic heterocycles. The highest BCUT2D eigenvalue weighted by Crippen LogP contribution is 2.26. The Kier molecular flexibility index (Phi) is 4.79. The number of aryl methyl sites for hydroxylation is 1. The van der Waals surface area contributed by atoms with Gasteiger partial charge in [0, 0.05) is 29.3 Å². The molecule has 2 aromatic rings. The zero-order valence-electron chi connectivity index (χ0n) is 11.5. The van der Waals surface area contributed by atoms with Crippen LogP contribution in [0.4, 0.5) is 5.69 Å². The highest BCUT2D eigenvalue weighted by atomic mass is 79.9. The number of hydrogen-bond donors (Lipinski definition) is 2. The summed E-state index contributed by atoms with van der Waals surface area (Å²) in [6, 6.07) is 13.7. The second kappa shape index (κ2) is 6.57. The van der Waals surface area contributed by atoms with Crippen LogP contribution in [0.15, 0.2) is 46.9 Å². The molecule has 2 N–H and O–H groups in total. The van der Waals surface area contributed by atoms with Crippen LogP contribution in [0, 0.1) is 6.92 Å². The van der Waals surface area contributed by atoms with Gasteiger partial charge in [-0.25, -0.2) is 0 Å². The molecule has 0 atom stereocenters. The van der Waals surface area contributed by atoms with Gasteiger partial charge in [0.1, 0.15) is 0 Å². The molecule has 2 aromatic carbocycles. The van der Waals surface area contributed by atoms with E-state index in [1.54, 1.807) is 7.05 Å². The van der Waals surface area contributed by atoms with Gasteiger partial charge in [-0.05, 0) is 52.2 Å². The van der Waals surface area contributed by atoms with E-state index in [0.717, 1.165) is 22.3 Å². The second-order valence-electron chi connectivity index (χ2n) is 4.57. The quantitative estimate of drug-likeness (QED) is 0.895. The highest BCUT2D eigenvalue weighted by Gasteiger charge is 2.04. The summed E-state index contributed by atoms with van der Waals surface area (Å²) >= 11 is 3.58. The van der Waals surface area contributed by atoms with E-state index in [1.807, 2.05) is 36.4 Å². The molecule has 0 saturated heterocycles. The van der Waals surface area contributed by atoms with E-state index >= 15 is 0 Å². The minimum Gasteiger partial charge on any atom is -0.380 e. The van der Waals surface area contributed by atoms with Crippen LogP contribution >= 0.6 is 15.9 Å². The van der Waals surface area contributed by atoms with Crippen LogP contribution in [0.1, 0.15) is 21.5 Å². The number of amides is 1. The van der Waals surface area contributed by atoms with E-state index in [2.05, 4.69) is 39.6 Å². The third kappa shape index (κ3) is 3.39. The largest absolute Gasteiger partial charge is 0.380 e. The monoisotopic (exact) mass is 332 g/mol. The van der Waals surface area contributed by atoms with Crippen molar-refractivity contribution in [2.24, 2.45) is 0 Å². The second-order valence-corrected chi connectivity index (χ2v) is 5.36. The van der Waals surface area contributed by atoms with Crippen LogP contribution in [0.3, 0.4) is 0 Å². The molecule has 0 unspecified atom stereocenters. The van der Waals surface area contributed by atoms with Gasteiger partial charge in [-0.3, -0.25) is 4.79 Å². The molecule has 0 radical (unpaired) electrons. The minimum atomic E-state index is -0.0639. The summed E-state index contributed by atoms with van der Waals surface area (Å²) in [5.74, 6) is -0.0639. The Morgan fingerprint density at radius 2 is 1.85 bits per heavy atom. The predicted octanol–water partition coefficient (Wildman–Crippen LogP) is 3.73. The van der Waals surface area contributed by atoms with E-state index in [0.29, 0.717) is 5.56 Å². The average Bonchev–Trinajstić information content (AvgIpc) is 2.48. The summed E-state index contributed by atoms with van der Waals surface area (Å²) < 4.78 is 1.09. The molecule has 3 nitrogen and oxygen atoms in total. The molecule has 0 aliphatic carbocycles. The molecule has 0 saturated carbocycles. The topological polar surface area (TPSA) is 41.1 Å². The van der Waals surface area contributed by atoms with Crippen molar-refractivity contribution < 1.29 is 4.79 Å². The number of hydrogen-bond acceptors (Lipinski definition) is 2. The highest BCUT2D eigenvalue weighted by molar-refractivity contribution is 9.10.